The first kappa shape index (κ1) is 34.3. The number of hydrogen-bond donors (Lipinski definition) is 0. The minimum absolute atomic E-state index is 1.13. The van der Waals surface area contributed by atoms with Crippen molar-refractivity contribution in [1.29, 1.82) is 0 Å². The highest BCUT2D eigenvalue weighted by Crippen LogP contribution is 2.49. The van der Waals surface area contributed by atoms with Gasteiger partial charge in [-0.15, -0.1) is 0 Å². The minimum Gasteiger partial charge on any atom is -0.309 e. The average Bonchev–Trinajstić information content (AvgIpc) is 3.99. The minimum atomic E-state index is 1.13. The zero-order chi connectivity index (χ0) is 41.2. The van der Waals surface area contributed by atoms with E-state index in [2.05, 4.69) is 238 Å². The summed E-state index contributed by atoms with van der Waals surface area (Å²) < 4.78 is 7.35. The Bertz CT molecular complexity index is 3760. The molecular weight excluding hydrogens is 763 g/mol. The summed E-state index contributed by atoms with van der Waals surface area (Å²) in [6, 6.07) is 83.0. The molecule has 0 unspecified atom stereocenters. The lowest BCUT2D eigenvalue weighted by atomic mass is 9.81. The molecule has 3 heterocycles. The lowest BCUT2D eigenvalue weighted by Crippen LogP contribution is -2.00. The first-order chi connectivity index (χ1) is 31.3. The van der Waals surface area contributed by atoms with Crippen molar-refractivity contribution in [1.82, 2.24) is 13.7 Å². The maximum Gasteiger partial charge on any atom is 0.0542 e. The largest absolute Gasteiger partial charge is 0.309 e. The second kappa shape index (κ2) is 13.1. The summed E-state index contributed by atoms with van der Waals surface area (Å²) in [6.07, 6.45) is 0. The number of aromatic nitrogens is 3. The molecule has 1 aliphatic rings. The maximum absolute atomic E-state index is 2.48. The zero-order valence-electron chi connectivity index (χ0n) is 34.2. The molecule has 0 saturated carbocycles. The molecule has 13 aromatic rings. The molecular formula is C60H37N3. The number of benzene rings is 10. The van der Waals surface area contributed by atoms with E-state index in [4.69, 9.17) is 0 Å². The van der Waals surface area contributed by atoms with Crippen LogP contribution in [-0.2, 0) is 0 Å². The molecule has 3 heteroatoms. The van der Waals surface area contributed by atoms with Gasteiger partial charge in [0.2, 0.25) is 0 Å². The normalized spacial score (nSPS) is 12.1. The molecule has 3 nitrogen and oxygen atoms in total. The van der Waals surface area contributed by atoms with E-state index in [0.717, 1.165) is 17.1 Å². The van der Waals surface area contributed by atoms with Gasteiger partial charge in [-0.1, -0.05) is 152 Å². The molecule has 292 valence electrons. The second-order valence-electron chi connectivity index (χ2n) is 16.8. The van der Waals surface area contributed by atoms with Crippen molar-refractivity contribution in [3.05, 3.63) is 224 Å². The van der Waals surface area contributed by atoms with Gasteiger partial charge in [-0.25, -0.2) is 0 Å². The highest BCUT2D eigenvalue weighted by Gasteiger charge is 2.24. The molecule has 0 fully saturated rings. The first-order valence-corrected chi connectivity index (χ1v) is 21.8. The topological polar surface area (TPSA) is 14.8 Å². The van der Waals surface area contributed by atoms with Gasteiger partial charge in [0, 0.05) is 49.4 Å². The monoisotopic (exact) mass is 799 g/mol. The summed E-state index contributed by atoms with van der Waals surface area (Å²) in [5, 5.41) is 7.45. The Balaban J connectivity index is 1.07. The SMILES string of the molecule is c1ccc2c(c1)-c1ccccc1-c1ccc(-n3c4ccc(-n5c6ccccc6c6ccccc65)cc4c4cc(-n5c6ccccc6c6ccccc65)ccc43)cc1-c1ccccc1-2. The van der Waals surface area contributed by atoms with E-state index >= 15 is 0 Å². The van der Waals surface area contributed by atoms with E-state index in [9.17, 15) is 0 Å². The van der Waals surface area contributed by atoms with Crippen LogP contribution < -0.4 is 0 Å². The van der Waals surface area contributed by atoms with Crippen LogP contribution in [0, 0.1) is 0 Å². The number of fused-ring (bicyclic) bond motifs is 17. The molecule has 3 aromatic heterocycles. The number of hydrogen-bond acceptors (Lipinski definition) is 0. The van der Waals surface area contributed by atoms with Crippen LogP contribution in [0.3, 0.4) is 0 Å². The van der Waals surface area contributed by atoms with Crippen molar-refractivity contribution in [2.75, 3.05) is 0 Å². The van der Waals surface area contributed by atoms with Crippen molar-refractivity contribution < 1.29 is 0 Å². The zero-order valence-corrected chi connectivity index (χ0v) is 34.2. The molecule has 63 heavy (non-hydrogen) atoms. The molecule has 1 aliphatic carbocycles. The van der Waals surface area contributed by atoms with Crippen LogP contribution in [0.1, 0.15) is 0 Å². The lowest BCUT2D eigenvalue weighted by Gasteiger charge is -2.24. The van der Waals surface area contributed by atoms with Gasteiger partial charge in [0.15, 0.2) is 0 Å². The van der Waals surface area contributed by atoms with Crippen molar-refractivity contribution in [2.45, 2.75) is 0 Å². The van der Waals surface area contributed by atoms with Crippen LogP contribution in [0.25, 0.3) is 127 Å². The van der Waals surface area contributed by atoms with Gasteiger partial charge in [0.1, 0.15) is 0 Å². The van der Waals surface area contributed by atoms with E-state index in [1.807, 2.05) is 0 Å². The number of rotatable bonds is 3. The van der Waals surface area contributed by atoms with Gasteiger partial charge in [-0.2, -0.15) is 0 Å². The first-order valence-electron chi connectivity index (χ1n) is 21.8. The fourth-order valence-corrected chi connectivity index (χ4v) is 10.9. The maximum atomic E-state index is 2.48. The Morgan fingerprint density at radius 2 is 0.429 bits per heavy atom. The molecule has 0 amide bonds. The van der Waals surface area contributed by atoms with Crippen molar-refractivity contribution in [3.63, 3.8) is 0 Å². The van der Waals surface area contributed by atoms with Gasteiger partial charge in [-0.3, -0.25) is 0 Å². The number of para-hydroxylation sites is 4. The summed E-state index contributed by atoms with van der Waals surface area (Å²) in [7, 11) is 0. The van der Waals surface area contributed by atoms with E-state index in [-0.39, 0.29) is 0 Å². The van der Waals surface area contributed by atoms with E-state index in [1.54, 1.807) is 0 Å². The average molecular weight is 800 g/mol. The Morgan fingerprint density at radius 1 is 0.175 bits per heavy atom. The third-order valence-corrected chi connectivity index (χ3v) is 13.6. The molecule has 0 N–H and O–H groups in total. The molecule has 10 aromatic carbocycles. The highest BCUT2D eigenvalue weighted by atomic mass is 15.0. The van der Waals surface area contributed by atoms with Gasteiger partial charge in [0.05, 0.1) is 33.1 Å². The Hall–Kier alpha value is -8.40. The van der Waals surface area contributed by atoms with Gasteiger partial charge in [-0.05, 0) is 117 Å². The van der Waals surface area contributed by atoms with Crippen LogP contribution >= 0.6 is 0 Å². The van der Waals surface area contributed by atoms with Crippen LogP contribution in [0.2, 0.25) is 0 Å². The van der Waals surface area contributed by atoms with Crippen molar-refractivity contribution in [2.24, 2.45) is 0 Å². The summed E-state index contributed by atoms with van der Waals surface area (Å²) in [4.78, 5) is 0. The summed E-state index contributed by atoms with van der Waals surface area (Å²) in [6.45, 7) is 0. The highest BCUT2D eigenvalue weighted by molar-refractivity contribution is 6.14. The van der Waals surface area contributed by atoms with Gasteiger partial charge in [0.25, 0.3) is 0 Å². The van der Waals surface area contributed by atoms with Gasteiger partial charge >= 0.3 is 0 Å². The summed E-state index contributed by atoms with van der Waals surface area (Å²) >= 11 is 0. The molecule has 0 atom stereocenters. The predicted molar refractivity (Wildman–Crippen MR) is 265 cm³/mol. The molecule has 0 radical (unpaired) electrons. The van der Waals surface area contributed by atoms with Crippen molar-refractivity contribution >= 4 is 65.4 Å². The summed E-state index contributed by atoms with van der Waals surface area (Å²) in [5.74, 6) is 0. The van der Waals surface area contributed by atoms with E-state index < -0.39 is 0 Å². The lowest BCUT2D eigenvalue weighted by molar-refractivity contribution is 1.16. The number of nitrogens with zero attached hydrogens (tertiary/aromatic N) is 3. The van der Waals surface area contributed by atoms with Crippen LogP contribution in [0.5, 0.6) is 0 Å². The smallest absolute Gasteiger partial charge is 0.0542 e. The Labute approximate surface area is 363 Å². The molecule has 0 spiro atoms. The van der Waals surface area contributed by atoms with Crippen LogP contribution in [0.15, 0.2) is 224 Å². The Morgan fingerprint density at radius 3 is 0.794 bits per heavy atom. The van der Waals surface area contributed by atoms with Crippen LogP contribution in [0.4, 0.5) is 0 Å². The van der Waals surface area contributed by atoms with Gasteiger partial charge < -0.3 is 13.7 Å². The predicted octanol–water partition coefficient (Wildman–Crippen LogP) is 16.0. The van der Waals surface area contributed by atoms with Crippen LogP contribution in [-0.4, -0.2) is 13.7 Å². The Kier molecular flexibility index (Phi) is 7.11. The quantitative estimate of drug-likeness (QED) is 0.169. The third kappa shape index (κ3) is 4.85. The van der Waals surface area contributed by atoms with Crippen molar-refractivity contribution in [3.8, 4) is 61.6 Å². The summed E-state index contributed by atoms with van der Waals surface area (Å²) in [5.41, 5.74) is 20.5. The molecule has 14 rings (SSSR count). The van der Waals surface area contributed by atoms with E-state index in [1.165, 1.54) is 110 Å². The fourth-order valence-electron chi connectivity index (χ4n) is 10.9. The molecule has 0 saturated heterocycles. The molecule has 0 bridgehead atoms. The van der Waals surface area contributed by atoms with E-state index in [0.29, 0.717) is 0 Å². The standard InChI is InChI=1S/C60H37N3/c1-2-16-42-41(15-1)43-17-3-4-19-45(43)47-32-29-38(35-52(47)46-20-6-5-18-44(42)46)63-59-33-30-39(61-55-25-11-7-21-48(55)49-22-8-12-26-56(49)61)36-53(59)54-37-40(31-34-60(54)63)62-57-27-13-9-23-50(57)51-24-10-14-28-58(51)62/h1-37H. The fraction of sp³-hybridized carbons (Fsp3) is 0. The third-order valence-electron chi connectivity index (χ3n) is 13.6. The second-order valence-corrected chi connectivity index (χ2v) is 16.8. The molecule has 0 aliphatic heterocycles.